The first kappa shape index (κ1) is 10.1. The minimum absolute atomic E-state index is 0.432. The molecule has 1 rings (SSSR count). The molecular formula is C7H13N3O3. The van der Waals surface area contributed by atoms with Crippen molar-refractivity contribution in [3.8, 4) is 0 Å². The lowest BCUT2D eigenvalue weighted by atomic mass is 10.6. The second-order valence-electron chi connectivity index (χ2n) is 2.39. The van der Waals surface area contributed by atoms with Gasteiger partial charge in [-0.1, -0.05) is 5.16 Å². The Kier molecular flexibility index (Phi) is 4.37. The standard InChI is InChI=1S/C7H13N3O3/c1-6-9-7(10-13-6)5-8-12-4-3-11-2/h8H,3-5H2,1-2H3. The van der Waals surface area contributed by atoms with Gasteiger partial charge in [-0.2, -0.15) is 10.5 Å². The van der Waals surface area contributed by atoms with Crippen molar-refractivity contribution in [1.82, 2.24) is 15.6 Å². The van der Waals surface area contributed by atoms with E-state index in [0.29, 0.717) is 31.5 Å². The van der Waals surface area contributed by atoms with Crippen molar-refractivity contribution in [3.63, 3.8) is 0 Å². The molecule has 0 spiro atoms. The smallest absolute Gasteiger partial charge is 0.223 e. The van der Waals surface area contributed by atoms with Crippen molar-refractivity contribution in [2.24, 2.45) is 0 Å². The second-order valence-corrected chi connectivity index (χ2v) is 2.39. The molecule has 1 aromatic rings. The molecule has 0 saturated heterocycles. The predicted molar refractivity (Wildman–Crippen MR) is 43.7 cm³/mol. The number of nitrogens with zero attached hydrogens (tertiary/aromatic N) is 2. The van der Waals surface area contributed by atoms with Gasteiger partial charge in [0.15, 0.2) is 5.82 Å². The van der Waals surface area contributed by atoms with Gasteiger partial charge in [0, 0.05) is 14.0 Å². The Labute approximate surface area is 76.2 Å². The Morgan fingerprint density at radius 3 is 2.92 bits per heavy atom. The molecule has 0 fully saturated rings. The molecule has 0 unspecified atom stereocenters. The minimum atomic E-state index is 0.432. The molecule has 0 radical (unpaired) electrons. The molecule has 0 amide bonds. The largest absolute Gasteiger partial charge is 0.382 e. The number of nitrogens with one attached hydrogen (secondary N) is 1. The van der Waals surface area contributed by atoms with Crippen LogP contribution in [0.2, 0.25) is 0 Å². The lowest BCUT2D eigenvalue weighted by Gasteiger charge is -2.01. The van der Waals surface area contributed by atoms with E-state index in [9.17, 15) is 0 Å². The van der Waals surface area contributed by atoms with Crippen LogP contribution in [0.25, 0.3) is 0 Å². The van der Waals surface area contributed by atoms with Gasteiger partial charge < -0.3 is 9.26 Å². The first-order chi connectivity index (χ1) is 6.33. The van der Waals surface area contributed by atoms with E-state index in [1.165, 1.54) is 0 Å². The van der Waals surface area contributed by atoms with Crippen LogP contribution in [0.4, 0.5) is 0 Å². The normalized spacial score (nSPS) is 10.6. The van der Waals surface area contributed by atoms with E-state index in [2.05, 4.69) is 15.6 Å². The number of rotatable bonds is 6. The zero-order valence-corrected chi connectivity index (χ0v) is 7.74. The molecule has 74 valence electrons. The molecular weight excluding hydrogens is 174 g/mol. The third kappa shape index (κ3) is 3.97. The molecule has 0 aromatic carbocycles. The van der Waals surface area contributed by atoms with E-state index in [-0.39, 0.29) is 0 Å². The zero-order chi connectivity index (χ0) is 9.52. The van der Waals surface area contributed by atoms with Crippen molar-refractivity contribution in [1.29, 1.82) is 0 Å². The summed E-state index contributed by atoms with van der Waals surface area (Å²) in [6.45, 7) is 3.22. The quantitative estimate of drug-likeness (QED) is 0.501. The fraction of sp³-hybridized carbons (Fsp3) is 0.714. The maximum Gasteiger partial charge on any atom is 0.223 e. The maximum absolute atomic E-state index is 4.99. The van der Waals surface area contributed by atoms with Crippen molar-refractivity contribution in [3.05, 3.63) is 11.7 Å². The lowest BCUT2D eigenvalue weighted by molar-refractivity contribution is 0.00223. The van der Waals surface area contributed by atoms with Crippen LogP contribution in [0.15, 0.2) is 4.52 Å². The highest BCUT2D eigenvalue weighted by Crippen LogP contribution is 1.93. The number of hydroxylamine groups is 1. The molecule has 6 heteroatoms. The molecule has 1 aromatic heterocycles. The first-order valence-electron chi connectivity index (χ1n) is 3.95. The molecule has 0 saturated carbocycles. The van der Waals surface area contributed by atoms with Gasteiger partial charge in [-0.3, -0.25) is 4.84 Å². The number of methoxy groups -OCH3 is 1. The van der Waals surface area contributed by atoms with Gasteiger partial charge in [-0.05, 0) is 0 Å². The topological polar surface area (TPSA) is 69.4 Å². The number of hydrogen-bond acceptors (Lipinski definition) is 6. The van der Waals surface area contributed by atoms with Gasteiger partial charge in [0.2, 0.25) is 5.89 Å². The highest BCUT2D eigenvalue weighted by molar-refractivity contribution is 4.81. The number of ether oxygens (including phenoxy) is 1. The van der Waals surface area contributed by atoms with Crippen LogP contribution >= 0.6 is 0 Å². The monoisotopic (exact) mass is 187 g/mol. The van der Waals surface area contributed by atoms with E-state index < -0.39 is 0 Å². The fourth-order valence-corrected chi connectivity index (χ4v) is 0.726. The third-order valence-electron chi connectivity index (χ3n) is 1.29. The van der Waals surface area contributed by atoms with E-state index in [1.807, 2.05) is 0 Å². The molecule has 0 aliphatic heterocycles. The average molecular weight is 187 g/mol. The van der Waals surface area contributed by atoms with Crippen LogP contribution in [0, 0.1) is 6.92 Å². The third-order valence-corrected chi connectivity index (χ3v) is 1.29. The summed E-state index contributed by atoms with van der Waals surface area (Å²) in [4.78, 5) is 8.97. The van der Waals surface area contributed by atoms with Crippen molar-refractivity contribution in [2.45, 2.75) is 13.5 Å². The molecule has 13 heavy (non-hydrogen) atoms. The molecule has 1 N–H and O–H groups in total. The van der Waals surface area contributed by atoms with Gasteiger partial charge in [-0.25, -0.2) is 0 Å². The van der Waals surface area contributed by atoms with Crippen LogP contribution in [0.5, 0.6) is 0 Å². The second kappa shape index (κ2) is 5.63. The van der Waals surface area contributed by atoms with Gasteiger partial charge in [0.25, 0.3) is 0 Å². The van der Waals surface area contributed by atoms with Crippen LogP contribution in [0.1, 0.15) is 11.7 Å². The Bertz CT molecular complexity index is 239. The zero-order valence-electron chi connectivity index (χ0n) is 7.74. The summed E-state index contributed by atoms with van der Waals surface area (Å²) in [6, 6.07) is 0. The van der Waals surface area contributed by atoms with Crippen LogP contribution in [-0.4, -0.2) is 30.5 Å². The average Bonchev–Trinajstić information content (AvgIpc) is 2.51. The van der Waals surface area contributed by atoms with Crippen LogP contribution in [-0.2, 0) is 16.1 Å². The Morgan fingerprint density at radius 1 is 1.46 bits per heavy atom. The summed E-state index contributed by atoms with van der Waals surface area (Å²) in [5.74, 6) is 1.13. The van der Waals surface area contributed by atoms with Gasteiger partial charge in [0.05, 0.1) is 19.8 Å². The fourth-order valence-electron chi connectivity index (χ4n) is 0.726. The first-order valence-corrected chi connectivity index (χ1v) is 3.95. The highest BCUT2D eigenvalue weighted by Gasteiger charge is 2.00. The molecule has 0 atom stereocenters. The lowest BCUT2D eigenvalue weighted by Crippen LogP contribution is -2.17. The van der Waals surface area contributed by atoms with Crippen molar-refractivity contribution in [2.75, 3.05) is 20.3 Å². The number of hydrogen-bond donors (Lipinski definition) is 1. The van der Waals surface area contributed by atoms with Crippen LogP contribution in [0.3, 0.4) is 0 Å². The molecule has 0 aliphatic carbocycles. The van der Waals surface area contributed by atoms with Gasteiger partial charge >= 0.3 is 0 Å². The van der Waals surface area contributed by atoms with E-state index >= 15 is 0 Å². The Balaban J connectivity index is 2.06. The molecule has 6 nitrogen and oxygen atoms in total. The SMILES string of the molecule is COCCONCc1noc(C)n1. The Hall–Kier alpha value is -0.980. The molecule has 0 aliphatic rings. The summed E-state index contributed by atoms with van der Waals surface area (Å²) < 4.78 is 9.54. The summed E-state index contributed by atoms with van der Waals surface area (Å²) in [7, 11) is 1.62. The van der Waals surface area contributed by atoms with Crippen molar-refractivity contribution >= 4 is 0 Å². The summed E-state index contributed by atoms with van der Waals surface area (Å²) in [5.41, 5.74) is 2.68. The van der Waals surface area contributed by atoms with E-state index in [1.54, 1.807) is 14.0 Å². The highest BCUT2D eigenvalue weighted by atomic mass is 16.7. The minimum Gasteiger partial charge on any atom is -0.382 e. The Morgan fingerprint density at radius 2 is 2.31 bits per heavy atom. The molecule has 0 bridgehead atoms. The summed E-state index contributed by atoms with van der Waals surface area (Å²) >= 11 is 0. The maximum atomic E-state index is 4.99. The van der Waals surface area contributed by atoms with E-state index in [4.69, 9.17) is 14.1 Å². The number of aromatic nitrogens is 2. The van der Waals surface area contributed by atoms with Crippen molar-refractivity contribution < 1.29 is 14.1 Å². The van der Waals surface area contributed by atoms with Gasteiger partial charge in [-0.15, -0.1) is 0 Å². The summed E-state index contributed by atoms with van der Waals surface area (Å²) in [5, 5.41) is 3.67. The van der Waals surface area contributed by atoms with E-state index in [0.717, 1.165) is 0 Å². The number of aryl methyl sites for hydroxylation is 1. The predicted octanol–water partition coefficient (Wildman–Crippen LogP) is 0.0456. The van der Waals surface area contributed by atoms with Gasteiger partial charge in [0.1, 0.15) is 0 Å². The van der Waals surface area contributed by atoms with Crippen LogP contribution < -0.4 is 5.48 Å². The molecule has 1 heterocycles. The summed E-state index contributed by atoms with van der Waals surface area (Å²) in [6.07, 6.45) is 0.